The van der Waals surface area contributed by atoms with Crippen LogP contribution in [0.4, 0.5) is 10.1 Å². The Hall–Kier alpha value is -1.92. The van der Waals surface area contributed by atoms with E-state index in [1.165, 1.54) is 112 Å². The number of rotatable bonds is 21. The molecule has 2 heterocycles. The minimum absolute atomic E-state index is 0. The zero-order chi connectivity index (χ0) is 30.8. The molecule has 2 aliphatic rings. The van der Waals surface area contributed by atoms with Gasteiger partial charge in [-0.2, -0.15) is 0 Å². The van der Waals surface area contributed by atoms with Crippen molar-refractivity contribution in [2.45, 2.75) is 130 Å². The molecular weight excluding hydrogens is 627 g/mol. The summed E-state index contributed by atoms with van der Waals surface area (Å²) < 4.78 is 29.7. The fraction of sp³-hybridized carbons (Fsp3) is 0.667. The molecule has 0 radical (unpaired) electrons. The highest BCUT2D eigenvalue weighted by atomic mass is 79.9. The second-order valence-corrected chi connectivity index (χ2v) is 12.9. The Morgan fingerprint density at radius 3 is 2.07 bits per heavy atom. The fourth-order valence-corrected chi connectivity index (χ4v) is 6.86. The predicted molar refractivity (Wildman–Crippen MR) is 183 cm³/mol. The summed E-state index contributed by atoms with van der Waals surface area (Å²) in [7, 11) is 0. The zero-order valence-corrected chi connectivity index (χ0v) is 30.0. The highest BCUT2D eigenvalue weighted by Gasteiger charge is 2.31. The van der Waals surface area contributed by atoms with E-state index in [9.17, 15) is 4.39 Å². The van der Waals surface area contributed by atoms with Crippen LogP contribution in [0, 0.1) is 5.82 Å². The second-order valence-electron chi connectivity index (χ2n) is 12.9. The number of fused-ring (bicyclic) bond motifs is 1. The van der Waals surface area contributed by atoms with E-state index in [1.807, 2.05) is 12.1 Å². The molecule has 0 atom stereocenters. The number of hydrogen-bond donors (Lipinski definition) is 0. The summed E-state index contributed by atoms with van der Waals surface area (Å²) in [4.78, 5) is 2.45. The highest BCUT2D eigenvalue weighted by Crippen LogP contribution is 2.38. The van der Waals surface area contributed by atoms with Crippen LogP contribution in [-0.4, -0.2) is 49.7 Å². The van der Waals surface area contributed by atoms with E-state index in [0.717, 1.165) is 70.0 Å². The van der Waals surface area contributed by atoms with Crippen LogP contribution in [0.1, 0.15) is 133 Å². The van der Waals surface area contributed by atoms with Crippen LogP contribution in [0.2, 0.25) is 0 Å². The molecule has 0 amide bonds. The number of hydrogen-bond acceptors (Lipinski definition) is 3. The van der Waals surface area contributed by atoms with Gasteiger partial charge in [-0.25, -0.2) is 8.97 Å². The van der Waals surface area contributed by atoms with Crippen LogP contribution < -0.4 is 26.6 Å². The van der Waals surface area contributed by atoms with Crippen molar-refractivity contribution in [1.82, 2.24) is 0 Å². The molecule has 0 N–H and O–H groups in total. The van der Waals surface area contributed by atoms with E-state index < -0.39 is 0 Å². The summed E-state index contributed by atoms with van der Waals surface area (Å²) in [5, 5.41) is 0. The molecular formula is C39H60BrFN2O2. The van der Waals surface area contributed by atoms with Gasteiger partial charge in [-0.05, 0) is 37.1 Å². The first-order valence-electron chi connectivity index (χ1n) is 18.2. The van der Waals surface area contributed by atoms with E-state index in [-0.39, 0.29) is 22.8 Å². The van der Waals surface area contributed by atoms with Gasteiger partial charge in [-0.3, -0.25) is 0 Å². The van der Waals surface area contributed by atoms with E-state index in [2.05, 4.69) is 35.5 Å². The third kappa shape index (κ3) is 12.0. The molecule has 1 saturated heterocycles. The first-order valence-corrected chi connectivity index (χ1v) is 18.2. The average Bonchev–Trinajstić information content (AvgIpc) is 3.05. The Kier molecular flexibility index (Phi) is 18.2. The summed E-state index contributed by atoms with van der Waals surface area (Å²) in [5.74, 6) is 0.986. The molecule has 0 spiro atoms. The van der Waals surface area contributed by atoms with Crippen molar-refractivity contribution >= 4 is 11.4 Å². The maximum absolute atomic E-state index is 14.8. The van der Waals surface area contributed by atoms with Crippen LogP contribution in [0.3, 0.4) is 0 Å². The lowest BCUT2D eigenvalue weighted by Crippen LogP contribution is -3.00. The van der Waals surface area contributed by atoms with E-state index in [0.29, 0.717) is 6.54 Å². The Morgan fingerprint density at radius 1 is 0.778 bits per heavy atom. The van der Waals surface area contributed by atoms with Gasteiger partial charge in [0.2, 0.25) is 0 Å². The Labute approximate surface area is 284 Å². The minimum Gasteiger partial charge on any atom is -1.00 e. The molecule has 4 rings (SSSR count). The van der Waals surface area contributed by atoms with Crippen molar-refractivity contribution in [2.75, 3.05) is 44.4 Å². The van der Waals surface area contributed by atoms with E-state index >= 15 is 0 Å². The van der Waals surface area contributed by atoms with Crippen molar-refractivity contribution in [3.63, 3.8) is 0 Å². The van der Waals surface area contributed by atoms with Crippen molar-refractivity contribution in [1.29, 1.82) is 0 Å². The van der Waals surface area contributed by atoms with Gasteiger partial charge < -0.3 is 31.4 Å². The molecule has 0 unspecified atom stereocenters. The summed E-state index contributed by atoms with van der Waals surface area (Å²) >= 11 is 0. The summed E-state index contributed by atoms with van der Waals surface area (Å²) in [6, 6.07) is 11.9. The normalized spacial score (nSPS) is 14.8. The van der Waals surface area contributed by atoms with Crippen LogP contribution in [-0.2, 0) is 17.7 Å². The van der Waals surface area contributed by atoms with Crippen molar-refractivity contribution in [3.05, 3.63) is 58.9 Å². The highest BCUT2D eigenvalue weighted by molar-refractivity contribution is 6.00. The van der Waals surface area contributed by atoms with Crippen molar-refractivity contribution in [3.8, 4) is 5.75 Å². The standard InChI is InChI=1S/C39H60FN2O2.BrH/c1-3-5-7-9-11-12-13-14-16-22-37-34-23-24-38(41-27-30-43-31-28-41)39(44-29-19-15-10-8-6-4-2)35(34)25-26-42(37)32-33-20-17-18-21-36(33)40;/h17-18,20-21,23-24H,3-16,19,22,25-32H2,1-2H3;1H/q+1;/p-1. The van der Waals surface area contributed by atoms with E-state index in [4.69, 9.17) is 9.47 Å². The van der Waals surface area contributed by atoms with Gasteiger partial charge >= 0.3 is 0 Å². The average molecular weight is 688 g/mol. The minimum atomic E-state index is -0.105. The second kappa shape index (κ2) is 21.8. The summed E-state index contributed by atoms with van der Waals surface area (Å²) in [6.07, 6.45) is 21.4. The fourth-order valence-electron chi connectivity index (χ4n) is 6.86. The molecule has 2 aliphatic heterocycles. The first-order chi connectivity index (χ1) is 21.7. The molecule has 4 nitrogen and oxygen atoms in total. The lowest BCUT2D eigenvalue weighted by atomic mass is 9.91. The maximum Gasteiger partial charge on any atom is 0.184 e. The van der Waals surface area contributed by atoms with Gasteiger partial charge in [-0.15, -0.1) is 0 Å². The molecule has 0 saturated carbocycles. The summed E-state index contributed by atoms with van der Waals surface area (Å²) in [6.45, 7) is 10.2. The molecule has 0 bridgehead atoms. The van der Waals surface area contributed by atoms with Gasteiger partial charge in [0, 0.05) is 37.1 Å². The SMILES string of the molecule is CCCCCCCCCCCC1=[N+](Cc2ccccc2F)CCc2c1ccc(N1CCOCC1)c2OCCCCCCCC.[Br-]. The van der Waals surface area contributed by atoms with Crippen molar-refractivity contribution in [2.24, 2.45) is 0 Å². The summed E-state index contributed by atoms with van der Waals surface area (Å²) in [5.41, 5.74) is 6.06. The third-order valence-electron chi connectivity index (χ3n) is 9.50. The Bertz CT molecular complexity index is 1150. The number of morpholine rings is 1. The molecule has 0 aromatic heterocycles. The number of ether oxygens (including phenoxy) is 2. The topological polar surface area (TPSA) is 24.7 Å². The monoisotopic (exact) mass is 686 g/mol. The van der Waals surface area contributed by atoms with Crippen LogP contribution in [0.15, 0.2) is 36.4 Å². The lowest BCUT2D eigenvalue weighted by molar-refractivity contribution is -0.546. The number of unbranched alkanes of at least 4 members (excludes halogenated alkanes) is 13. The zero-order valence-electron chi connectivity index (χ0n) is 28.4. The molecule has 0 aliphatic carbocycles. The maximum atomic E-state index is 14.8. The van der Waals surface area contributed by atoms with Gasteiger partial charge in [0.05, 0.1) is 31.1 Å². The Balaban J connectivity index is 0.00000552. The van der Waals surface area contributed by atoms with E-state index in [1.54, 1.807) is 12.1 Å². The number of halogens is 2. The largest absolute Gasteiger partial charge is 1.00 e. The molecule has 252 valence electrons. The first kappa shape index (κ1) is 37.5. The van der Waals surface area contributed by atoms with Crippen molar-refractivity contribution < 1.29 is 35.4 Å². The van der Waals surface area contributed by atoms with Gasteiger partial charge in [0.25, 0.3) is 0 Å². The molecule has 2 aromatic rings. The molecule has 1 fully saturated rings. The molecule has 45 heavy (non-hydrogen) atoms. The van der Waals surface area contributed by atoms with Gasteiger partial charge in [0.15, 0.2) is 12.3 Å². The molecule has 2 aromatic carbocycles. The van der Waals surface area contributed by atoms with Gasteiger partial charge in [-0.1, -0.05) is 109 Å². The van der Waals surface area contributed by atoms with Gasteiger partial charge in [0.1, 0.15) is 18.1 Å². The smallest absolute Gasteiger partial charge is 0.184 e. The molecule has 6 heteroatoms. The predicted octanol–water partition coefficient (Wildman–Crippen LogP) is 6.88. The lowest BCUT2D eigenvalue weighted by Gasteiger charge is -2.32. The van der Waals surface area contributed by atoms with Crippen LogP contribution in [0.5, 0.6) is 5.75 Å². The number of benzene rings is 2. The van der Waals surface area contributed by atoms with Crippen LogP contribution >= 0.6 is 0 Å². The number of nitrogens with zero attached hydrogens (tertiary/aromatic N) is 2. The Morgan fingerprint density at radius 2 is 1.40 bits per heavy atom. The third-order valence-corrected chi connectivity index (χ3v) is 9.50. The quantitative estimate of drug-likeness (QED) is 0.106. The number of anilines is 1. The van der Waals surface area contributed by atoms with Crippen LogP contribution in [0.25, 0.3) is 0 Å².